The summed E-state index contributed by atoms with van der Waals surface area (Å²) in [5.74, 6) is 2.47. The highest BCUT2D eigenvalue weighted by molar-refractivity contribution is 8.00. The lowest BCUT2D eigenvalue weighted by Crippen LogP contribution is -2.48. The van der Waals surface area contributed by atoms with Crippen LogP contribution in [0.4, 0.5) is 0 Å². The van der Waals surface area contributed by atoms with Crippen molar-refractivity contribution in [1.82, 2.24) is 15.6 Å². The zero-order valence-electron chi connectivity index (χ0n) is 18.5. The maximum Gasteiger partial charge on any atom is 0.191 e. The molecular formula is C22H34N4O3S. The van der Waals surface area contributed by atoms with Crippen LogP contribution in [0.5, 0.6) is 11.5 Å². The lowest BCUT2D eigenvalue weighted by atomic mass is 9.99. The summed E-state index contributed by atoms with van der Waals surface area (Å²) in [5, 5.41) is 8.02. The van der Waals surface area contributed by atoms with Gasteiger partial charge in [0.15, 0.2) is 5.96 Å². The van der Waals surface area contributed by atoms with Gasteiger partial charge in [-0.15, -0.1) is 0 Å². The van der Waals surface area contributed by atoms with E-state index in [2.05, 4.69) is 32.9 Å². The highest BCUT2D eigenvalue weighted by Gasteiger charge is 2.31. The first-order valence-corrected chi connectivity index (χ1v) is 11.7. The monoisotopic (exact) mass is 434 g/mol. The molecule has 0 radical (unpaired) electrons. The van der Waals surface area contributed by atoms with E-state index in [0.29, 0.717) is 0 Å². The summed E-state index contributed by atoms with van der Waals surface area (Å²) < 4.78 is 16.6. The van der Waals surface area contributed by atoms with Crippen molar-refractivity contribution in [2.24, 2.45) is 4.99 Å². The van der Waals surface area contributed by atoms with E-state index in [9.17, 15) is 0 Å². The molecule has 1 fully saturated rings. The van der Waals surface area contributed by atoms with Gasteiger partial charge in [-0.3, -0.25) is 4.99 Å². The Labute approximate surface area is 183 Å². The molecule has 1 aliphatic rings. The van der Waals surface area contributed by atoms with Gasteiger partial charge in [0, 0.05) is 61.3 Å². The van der Waals surface area contributed by atoms with Crippen LogP contribution in [-0.2, 0) is 11.2 Å². The Balaban J connectivity index is 1.48. The third-order valence-electron chi connectivity index (χ3n) is 5.74. The van der Waals surface area contributed by atoms with Gasteiger partial charge in [0.2, 0.25) is 0 Å². The van der Waals surface area contributed by atoms with Crippen LogP contribution in [0.15, 0.2) is 23.2 Å². The van der Waals surface area contributed by atoms with Gasteiger partial charge < -0.3 is 29.8 Å². The van der Waals surface area contributed by atoms with Crippen molar-refractivity contribution in [3.8, 4) is 11.5 Å². The highest BCUT2D eigenvalue weighted by atomic mass is 32.2. The molecular weight excluding hydrogens is 400 g/mol. The van der Waals surface area contributed by atoms with Crippen LogP contribution >= 0.6 is 11.8 Å². The average molecular weight is 435 g/mol. The van der Waals surface area contributed by atoms with E-state index in [1.54, 1.807) is 14.2 Å². The van der Waals surface area contributed by atoms with E-state index >= 15 is 0 Å². The Morgan fingerprint density at radius 2 is 2.00 bits per heavy atom. The average Bonchev–Trinajstić information content (AvgIpc) is 3.21. The fourth-order valence-corrected chi connectivity index (χ4v) is 4.60. The maximum atomic E-state index is 5.53. The molecule has 0 unspecified atom stereocenters. The summed E-state index contributed by atoms with van der Waals surface area (Å²) in [6.07, 6.45) is 6.28. The summed E-state index contributed by atoms with van der Waals surface area (Å²) in [7, 11) is 5.17. The number of hydrogen-bond donors (Lipinski definition) is 3. The van der Waals surface area contributed by atoms with E-state index in [1.807, 2.05) is 30.9 Å². The number of hydrogen-bond acceptors (Lipinski definition) is 5. The molecule has 8 heteroatoms. The van der Waals surface area contributed by atoms with Crippen molar-refractivity contribution in [3.05, 3.63) is 23.9 Å². The molecule has 0 bridgehead atoms. The number of thioether (sulfide) groups is 1. The third kappa shape index (κ3) is 5.55. The number of aryl methyl sites for hydroxylation is 1. The molecule has 0 saturated carbocycles. The molecule has 2 heterocycles. The number of ether oxygens (including phenoxy) is 3. The van der Waals surface area contributed by atoms with Gasteiger partial charge in [-0.05, 0) is 38.0 Å². The largest absolute Gasteiger partial charge is 0.497 e. The number of fused-ring (bicyclic) bond motifs is 1. The standard InChI is InChI=1S/C22H34N4O3S/c1-23-21(25-15-22(30-4)7-10-29-11-8-22)24-9-5-6-16-12-18-19(26-16)13-17(27-2)14-20(18)28-3/h12-14,26H,5-11,15H2,1-4H3,(H2,23,24,25). The maximum absolute atomic E-state index is 5.53. The Morgan fingerprint density at radius 1 is 1.20 bits per heavy atom. The van der Waals surface area contributed by atoms with Crippen molar-refractivity contribution in [2.75, 3.05) is 53.8 Å². The summed E-state index contributed by atoms with van der Waals surface area (Å²) in [6, 6.07) is 6.08. The smallest absolute Gasteiger partial charge is 0.191 e. The number of methoxy groups -OCH3 is 2. The molecule has 0 amide bonds. The number of aromatic nitrogens is 1. The van der Waals surface area contributed by atoms with Gasteiger partial charge in [-0.25, -0.2) is 0 Å². The first kappa shape index (κ1) is 22.6. The van der Waals surface area contributed by atoms with Gasteiger partial charge >= 0.3 is 0 Å². The second-order valence-corrected chi connectivity index (χ2v) is 8.82. The summed E-state index contributed by atoms with van der Waals surface area (Å²) in [6.45, 7) is 3.44. The number of aromatic amines is 1. The Hall–Kier alpha value is -2.06. The summed E-state index contributed by atoms with van der Waals surface area (Å²) in [4.78, 5) is 7.85. The van der Waals surface area contributed by atoms with E-state index in [4.69, 9.17) is 14.2 Å². The zero-order valence-corrected chi connectivity index (χ0v) is 19.3. The van der Waals surface area contributed by atoms with E-state index in [-0.39, 0.29) is 4.75 Å². The van der Waals surface area contributed by atoms with Crippen LogP contribution in [0, 0.1) is 0 Å². The van der Waals surface area contributed by atoms with Crippen LogP contribution in [0.25, 0.3) is 10.9 Å². The van der Waals surface area contributed by atoms with Crippen molar-refractivity contribution in [2.45, 2.75) is 30.4 Å². The molecule has 3 rings (SSSR count). The Bertz CT molecular complexity index is 846. The summed E-state index contributed by atoms with van der Waals surface area (Å²) >= 11 is 1.93. The third-order valence-corrected chi connectivity index (χ3v) is 7.16. The molecule has 7 nitrogen and oxygen atoms in total. The summed E-state index contributed by atoms with van der Waals surface area (Å²) in [5.41, 5.74) is 2.22. The number of rotatable bonds is 9. The van der Waals surface area contributed by atoms with Gasteiger partial charge in [0.25, 0.3) is 0 Å². The minimum Gasteiger partial charge on any atom is -0.497 e. The molecule has 2 aromatic rings. The van der Waals surface area contributed by atoms with Crippen LogP contribution in [0.1, 0.15) is 25.0 Å². The molecule has 1 aromatic carbocycles. The topological polar surface area (TPSA) is 79.9 Å². The molecule has 1 saturated heterocycles. The van der Waals surface area contributed by atoms with Crippen LogP contribution in [0.2, 0.25) is 0 Å². The molecule has 0 spiro atoms. The highest BCUT2D eigenvalue weighted by Crippen LogP contribution is 2.33. The molecule has 3 N–H and O–H groups in total. The fourth-order valence-electron chi connectivity index (χ4n) is 3.81. The minimum absolute atomic E-state index is 0.236. The molecule has 0 aliphatic carbocycles. The zero-order chi connectivity index (χ0) is 21.4. The predicted molar refractivity (Wildman–Crippen MR) is 125 cm³/mol. The van der Waals surface area contributed by atoms with E-state index in [0.717, 1.165) is 80.3 Å². The molecule has 30 heavy (non-hydrogen) atoms. The van der Waals surface area contributed by atoms with Crippen LogP contribution < -0.4 is 20.1 Å². The number of benzene rings is 1. The Morgan fingerprint density at radius 3 is 2.67 bits per heavy atom. The molecule has 1 aromatic heterocycles. The number of guanidine groups is 1. The lowest BCUT2D eigenvalue weighted by Gasteiger charge is -2.36. The fraction of sp³-hybridized carbons (Fsp3) is 0.591. The van der Waals surface area contributed by atoms with Crippen molar-refractivity contribution in [3.63, 3.8) is 0 Å². The Kier molecular flexibility index (Phi) is 8.16. The van der Waals surface area contributed by atoms with Crippen LogP contribution in [-0.4, -0.2) is 69.5 Å². The van der Waals surface area contributed by atoms with Gasteiger partial charge in [-0.2, -0.15) is 11.8 Å². The number of nitrogens with one attached hydrogen (secondary N) is 3. The molecule has 1 aliphatic heterocycles. The van der Waals surface area contributed by atoms with Crippen molar-refractivity contribution < 1.29 is 14.2 Å². The van der Waals surface area contributed by atoms with Crippen LogP contribution in [0.3, 0.4) is 0 Å². The number of nitrogens with zero attached hydrogens (tertiary/aromatic N) is 1. The number of H-pyrrole nitrogens is 1. The van der Waals surface area contributed by atoms with Crippen molar-refractivity contribution >= 4 is 28.6 Å². The van der Waals surface area contributed by atoms with Gasteiger partial charge in [0.1, 0.15) is 11.5 Å². The first-order chi connectivity index (χ1) is 14.6. The van der Waals surface area contributed by atoms with E-state index < -0.39 is 0 Å². The quantitative estimate of drug-likeness (QED) is 0.320. The second-order valence-electron chi connectivity index (χ2n) is 7.54. The minimum atomic E-state index is 0.236. The van der Waals surface area contributed by atoms with E-state index in [1.165, 1.54) is 5.69 Å². The second kappa shape index (κ2) is 10.8. The first-order valence-electron chi connectivity index (χ1n) is 10.4. The normalized spacial score (nSPS) is 16.5. The lowest BCUT2D eigenvalue weighted by molar-refractivity contribution is 0.0783. The number of aliphatic imine (C=N–C) groups is 1. The molecule has 0 atom stereocenters. The van der Waals surface area contributed by atoms with Gasteiger partial charge in [0.05, 0.1) is 19.7 Å². The van der Waals surface area contributed by atoms with Gasteiger partial charge in [-0.1, -0.05) is 0 Å². The predicted octanol–water partition coefficient (Wildman–Crippen LogP) is 3.19. The van der Waals surface area contributed by atoms with Crippen molar-refractivity contribution in [1.29, 1.82) is 0 Å². The SMILES string of the molecule is CN=C(NCCCc1cc2c(OC)cc(OC)cc2[nH]1)NCC1(SC)CCOCC1. The molecule has 166 valence electrons.